The lowest BCUT2D eigenvalue weighted by Gasteiger charge is -2.32. The maximum atomic E-state index is 12.6. The molecule has 1 heterocycles. The van der Waals surface area contributed by atoms with Crippen molar-refractivity contribution >= 4 is 27.5 Å². The summed E-state index contributed by atoms with van der Waals surface area (Å²) in [4.78, 5) is 26.3. The molecule has 0 saturated carbocycles. The quantitative estimate of drug-likeness (QED) is 0.840. The topological polar surface area (TPSA) is 110 Å². The molecule has 1 aromatic rings. The normalized spacial score (nSPS) is 19.5. The number of para-hydroxylation sites is 1. The molecule has 0 unspecified atom stereocenters. The van der Waals surface area contributed by atoms with Crippen LogP contribution in [0.4, 0.5) is 5.69 Å². The maximum Gasteiger partial charge on any atom is 0.247 e. The van der Waals surface area contributed by atoms with Crippen molar-refractivity contribution < 1.29 is 18.0 Å². The minimum atomic E-state index is -3.96. The Hall–Kier alpha value is -1.93. The number of nitrogens with two attached hydrogens (primary N) is 1. The fraction of sp³-hybridized carbons (Fsp3) is 0.467. The number of sulfonamides is 1. The third-order valence-electron chi connectivity index (χ3n) is 4.05. The highest BCUT2D eigenvalue weighted by Crippen LogP contribution is 2.27. The number of rotatable bonds is 4. The van der Waals surface area contributed by atoms with Crippen LogP contribution in [0.3, 0.4) is 0 Å². The van der Waals surface area contributed by atoms with Gasteiger partial charge < -0.3 is 10.2 Å². The van der Waals surface area contributed by atoms with Crippen molar-refractivity contribution in [2.45, 2.75) is 32.9 Å². The SMILES string of the molecule is CC[C@H](C)[C@H]1C(=O)Nc2ccccc2CN1C(=O)CS(N)(=O)=O. The molecule has 0 saturated heterocycles. The van der Waals surface area contributed by atoms with Crippen LogP contribution in [0.15, 0.2) is 24.3 Å². The summed E-state index contributed by atoms with van der Waals surface area (Å²) >= 11 is 0. The summed E-state index contributed by atoms with van der Waals surface area (Å²) in [7, 11) is -3.96. The average Bonchev–Trinajstić information content (AvgIpc) is 2.60. The first-order valence-electron chi connectivity index (χ1n) is 7.41. The van der Waals surface area contributed by atoms with E-state index < -0.39 is 27.7 Å². The first-order valence-corrected chi connectivity index (χ1v) is 9.13. The summed E-state index contributed by atoms with van der Waals surface area (Å²) in [6.45, 7) is 3.94. The molecule has 7 nitrogen and oxygen atoms in total. The van der Waals surface area contributed by atoms with Crippen LogP contribution in [0, 0.1) is 5.92 Å². The highest BCUT2D eigenvalue weighted by Gasteiger charge is 2.37. The lowest BCUT2D eigenvalue weighted by Crippen LogP contribution is -2.50. The smallest absolute Gasteiger partial charge is 0.247 e. The largest absolute Gasteiger partial charge is 0.325 e. The van der Waals surface area contributed by atoms with Crippen molar-refractivity contribution in [3.8, 4) is 0 Å². The summed E-state index contributed by atoms with van der Waals surface area (Å²) in [6.07, 6.45) is 0.674. The number of hydrogen-bond acceptors (Lipinski definition) is 4. The second-order valence-electron chi connectivity index (χ2n) is 5.81. The second-order valence-corrected chi connectivity index (χ2v) is 7.42. The molecule has 0 radical (unpaired) electrons. The minimum absolute atomic E-state index is 0.117. The molecule has 0 bridgehead atoms. The van der Waals surface area contributed by atoms with E-state index in [1.807, 2.05) is 13.8 Å². The van der Waals surface area contributed by atoms with Crippen LogP contribution in [0.2, 0.25) is 0 Å². The Morgan fingerprint density at radius 3 is 2.70 bits per heavy atom. The molecule has 23 heavy (non-hydrogen) atoms. The van der Waals surface area contributed by atoms with Crippen LogP contribution in [0.5, 0.6) is 0 Å². The molecule has 1 aliphatic heterocycles. The van der Waals surface area contributed by atoms with Gasteiger partial charge in [0.2, 0.25) is 21.8 Å². The Morgan fingerprint density at radius 2 is 2.09 bits per heavy atom. The standard InChI is InChI=1S/C15H21N3O4S/c1-3-10(2)14-15(20)17-12-7-5-4-6-11(12)8-18(14)13(19)9-23(16,21)22/h4-7,10,14H,3,8-9H2,1-2H3,(H,17,20)(H2,16,21,22)/t10-,14-/m0/s1. The van der Waals surface area contributed by atoms with Crippen LogP contribution < -0.4 is 10.5 Å². The van der Waals surface area contributed by atoms with E-state index in [2.05, 4.69) is 5.32 Å². The average molecular weight is 339 g/mol. The van der Waals surface area contributed by atoms with Gasteiger partial charge in [-0.15, -0.1) is 0 Å². The summed E-state index contributed by atoms with van der Waals surface area (Å²) < 4.78 is 22.5. The summed E-state index contributed by atoms with van der Waals surface area (Å²) in [5.41, 5.74) is 1.39. The first kappa shape index (κ1) is 17.4. The highest BCUT2D eigenvalue weighted by molar-refractivity contribution is 7.89. The molecule has 3 N–H and O–H groups in total. The van der Waals surface area contributed by atoms with Gasteiger partial charge in [0.1, 0.15) is 11.8 Å². The lowest BCUT2D eigenvalue weighted by molar-refractivity contribution is -0.138. The van der Waals surface area contributed by atoms with E-state index in [0.717, 1.165) is 5.56 Å². The van der Waals surface area contributed by atoms with Gasteiger partial charge in [-0.2, -0.15) is 0 Å². The van der Waals surface area contributed by atoms with Crippen LogP contribution in [-0.2, 0) is 26.2 Å². The van der Waals surface area contributed by atoms with Crippen LogP contribution in [0.25, 0.3) is 0 Å². The fourth-order valence-corrected chi connectivity index (χ4v) is 3.21. The molecule has 126 valence electrons. The molecule has 1 aliphatic rings. The van der Waals surface area contributed by atoms with E-state index in [4.69, 9.17) is 5.14 Å². The fourth-order valence-electron chi connectivity index (χ4n) is 2.70. The van der Waals surface area contributed by atoms with E-state index in [0.29, 0.717) is 12.1 Å². The number of anilines is 1. The minimum Gasteiger partial charge on any atom is -0.325 e. The van der Waals surface area contributed by atoms with Crippen LogP contribution in [-0.4, -0.2) is 36.9 Å². The number of primary sulfonamides is 1. The van der Waals surface area contributed by atoms with Gasteiger partial charge in [-0.25, -0.2) is 13.6 Å². The number of carbonyl (C=O) groups is 2. The molecule has 0 aliphatic carbocycles. The number of nitrogens with one attached hydrogen (secondary N) is 1. The lowest BCUT2D eigenvalue weighted by atomic mass is 9.96. The number of fused-ring (bicyclic) bond motifs is 1. The van der Waals surface area contributed by atoms with E-state index in [1.54, 1.807) is 24.3 Å². The zero-order valence-electron chi connectivity index (χ0n) is 13.2. The van der Waals surface area contributed by atoms with Crippen molar-refractivity contribution in [1.29, 1.82) is 0 Å². The molecule has 8 heteroatoms. The molecular formula is C15H21N3O4S. The monoisotopic (exact) mass is 339 g/mol. The zero-order chi connectivity index (χ0) is 17.2. The Balaban J connectivity index is 2.43. The Labute approximate surface area is 135 Å². The van der Waals surface area contributed by atoms with Gasteiger partial charge >= 0.3 is 0 Å². The number of benzene rings is 1. The van der Waals surface area contributed by atoms with E-state index in [9.17, 15) is 18.0 Å². The molecule has 2 rings (SSSR count). The molecular weight excluding hydrogens is 318 g/mol. The zero-order valence-corrected chi connectivity index (χ0v) is 14.0. The molecule has 0 aromatic heterocycles. The Kier molecular flexibility index (Phi) is 5.06. The van der Waals surface area contributed by atoms with Gasteiger partial charge in [0.15, 0.2) is 0 Å². The van der Waals surface area contributed by atoms with Crippen molar-refractivity contribution in [2.24, 2.45) is 11.1 Å². The van der Waals surface area contributed by atoms with Crippen molar-refractivity contribution in [3.05, 3.63) is 29.8 Å². The Bertz CT molecular complexity index is 717. The summed E-state index contributed by atoms with van der Waals surface area (Å²) in [6, 6.07) is 6.41. The number of nitrogens with zero attached hydrogens (tertiary/aromatic N) is 1. The Morgan fingerprint density at radius 1 is 1.43 bits per heavy atom. The van der Waals surface area contributed by atoms with E-state index in [-0.39, 0.29) is 18.4 Å². The van der Waals surface area contributed by atoms with Gasteiger partial charge in [-0.3, -0.25) is 9.59 Å². The van der Waals surface area contributed by atoms with Gasteiger partial charge in [-0.05, 0) is 17.5 Å². The number of hydrogen-bond donors (Lipinski definition) is 2. The van der Waals surface area contributed by atoms with Crippen molar-refractivity contribution in [2.75, 3.05) is 11.1 Å². The van der Waals surface area contributed by atoms with Gasteiger partial charge in [0.25, 0.3) is 0 Å². The highest BCUT2D eigenvalue weighted by atomic mass is 32.2. The third-order valence-corrected chi connectivity index (χ3v) is 4.70. The molecule has 0 fully saturated rings. The van der Waals surface area contributed by atoms with Crippen molar-refractivity contribution in [1.82, 2.24) is 4.90 Å². The summed E-state index contributed by atoms with van der Waals surface area (Å²) in [5, 5.41) is 7.81. The molecule has 0 spiro atoms. The third kappa shape index (κ3) is 4.08. The van der Waals surface area contributed by atoms with Crippen LogP contribution >= 0.6 is 0 Å². The summed E-state index contributed by atoms with van der Waals surface area (Å²) in [5.74, 6) is -1.90. The van der Waals surface area contributed by atoms with Crippen LogP contribution in [0.1, 0.15) is 25.8 Å². The molecule has 2 atom stereocenters. The van der Waals surface area contributed by atoms with Gasteiger partial charge in [0, 0.05) is 12.2 Å². The van der Waals surface area contributed by atoms with E-state index in [1.165, 1.54) is 4.90 Å². The number of carbonyl (C=O) groups excluding carboxylic acids is 2. The van der Waals surface area contributed by atoms with Gasteiger partial charge in [-0.1, -0.05) is 38.5 Å². The van der Waals surface area contributed by atoms with E-state index >= 15 is 0 Å². The molecule has 1 aromatic carbocycles. The predicted octanol–water partition coefficient (Wildman–Crippen LogP) is 0.671. The maximum absolute atomic E-state index is 12.6. The van der Waals surface area contributed by atoms with Gasteiger partial charge in [0.05, 0.1) is 0 Å². The predicted molar refractivity (Wildman–Crippen MR) is 86.8 cm³/mol. The number of amides is 2. The second kappa shape index (κ2) is 6.67. The molecule has 2 amide bonds. The van der Waals surface area contributed by atoms with Crippen molar-refractivity contribution in [3.63, 3.8) is 0 Å². The first-order chi connectivity index (χ1) is 10.7.